The molecule has 3 heterocycles. The van der Waals surface area contributed by atoms with Crippen LogP contribution in [0.5, 0.6) is 11.5 Å². The van der Waals surface area contributed by atoms with Crippen LogP contribution in [-0.2, 0) is 11.3 Å². The van der Waals surface area contributed by atoms with Gasteiger partial charge in [0.05, 0.1) is 13.2 Å². The molecule has 1 spiro atoms. The van der Waals surface area contributed by atoms with Gasteiger partial charge in [-0.3, -0.25) is 9.78 Å². The summed E-state index contributed by atoms with van der Waals surface area (Å²) in [4.78, 5) is 19.4. The molecule has 2 aliphatic heterocycles. The molecule has 30 heavy (non-hydrogen) atoms. The lowest BCUT2D eigenvalue weighted by molar-refractivity contribution is -0.135. The van der Waals surface area contributed by atoms with Crippen LogP contribution in [0.15, 0.2) is 42.7 Å². The second-order valence-electron chi connectivity index (χ2n) is 8.25. The summed E-state index contributed by atoms with van der Waals surface area (Å²) in [7, 11) is 0. The molecule has 2 atom stereocenters. The van der Waals surface area contributed by atoms with Crippen molar-refractivity contribution in [2.24, 2.45) is 0 Å². The minimum atomic E-state index is -0.343. The number of hydrogen-bond donors (Lipinski definition) is 1. The van der Waals surface area contributed by atoms with Crippen LogP contribution in [0.4, 0.5) is 0 Å². The maximum absolute atomic E-state index is 13.3. The summed E-state index contributed by atoms with van der Waals surface area (Å²) >= 11 is 0. The minimum absolute atomic E-state index is 0.0209. The third-order valence-electron chi connectivity index (χ3n) is 6.37. The molecule has 1 aliphatic carbocycles. The number of carbonyl (C=O) groups excluding carboxylic acids is 1. The Hall–Kier alpha value is -2.64. The zero-order valence-corrected chi connectivity index (χ0v) is 17.0. The lowest BCUT2D eigenvalue weighted by Crippen LogP contribution is -2.64. The third-order valence-corrected chi connectivity index (χ3v) is 6.37. The van der Waals surface area contributed by atoms with Gasteiger partial charge in [0.15, 0.2) is 11.5 Å². The summed E-state index contributed by atoms with van der Waals surface area (Å²) in [5, 5.41) is 3.69. The monoisotopic (exact) mass is 409 g/mol. The number of nitrogens with one attached hydrogen (secondary N) is 1. The summed E-state index contributed by atoms with van der Waals surface area (Å²) in [6.07, 6.45) is 7.98. The fraction of sp³-hybridized carbons (Fsp3) is 0.478. The highest BCUT2D eigenvalue weighted by atomic mass is 16.7. The maximum Gasteiger partial charge on any atom is 0.254 e. The Morgan fingerprint density at radius 3 is 3.07 bits per heavy atom. The standard InChI is InChI=1S/C23H27N3O4/c27-22(18-6-7-19-20(12-18)29-16-28-19)26-10-11-30-23(15-26)8-2-1-5-21(23)25-14-17-4-3-9-24-13-17/h3-4,6-7,9,12-13,21,25H,1-2,5,8,10-11,14-16H2. The average molecular weight is 409 g/mol. The van der Waals surface area contributed by atoms with E-state index in [0.29, 0.717) is 36.8 Å². The Bertz CT molecular complexity index is 903. The van der Waals surface area contributed by atoms with Crippen molar-refractivity contribution < 1.29 is 19.0 Å². The molecule has 158 valence electrons. The summed E-state index contributed by atoms with van der Waals surface area (Å²) in [5.74, 6) is 1.35. The molecule has 1 aromatic carbocycles. The SMILES string of the molecule is O=C(c1ccc2c(c1)OCO2)N1CCOC2(CCCCC2NCc2cccnc2)C1. The third kappa shape index (κ3) is 3.75. The highest BCUT2D eigenvalue weighted by Gasteiger charge is 2.46. The van der Waals surface area contributed by atoms with Crippen LogP contribution >= 0.6 is 0 Å². The molecular weight excluding hydrogens is 382 g/mol. The van der Waals surface area contributed by atoms with Crippen molar-refractivity contribution in [3.8, 4) is 11.5 Å². The van der Waals surface area contributed by atoms with Crippen molar-refractivity contribution in [3.05, 3.63) is 53.9 Å². The molecule has 1 saturated carbocycles. The van der Waals surface area contributed by atoms with Gasteiger partial charge in [-0.05, 0) is 42.7 Å². The van der Waals surface area contributed by atoms with E-state index in [4.69, 9.17) is 14.2 Å². The number of fused-ring (bicyclic) bond motifs is 1. The number of benzene rings is 1. The van der Waals surface area contributed by atoms with Crippen LogP contribution in [0.2, 0.25) is 0 Å². The van der Waals surface area contributed by atoms with E-state index in [2.05, 4.69) is 16.4 Å². The minimum Gasteiger partial charge on any atom is -0.454 e. The number of ether oxygens (including phenoxy) is 3. The van der Waals surface area contributed by atoms with Crippen LogP contribution < -0.4 is 14.8 Å². The molecule has 2 aromatic rings. The summed E-state index contributed by atoms with van der Waals surface area (Å²) in [6, 6.07) is 9.65. The van der Waals surface area contributed by atoms with Gasteiger partial charge in [-0.1, -0.05) is 18.9 Å². The summed E-state index contributed by atoms with van der Waals surface area (Å²) in [5.41, 5.74) is 1.44. The van der Waals surface area contributed by atoms with Crippen LogP contribution in [0.1, 0.15) is 41.6 Å². The second kappa shape index (κ2) is 8.24. The first-order chi connectivity index (χ1) is 14.7. The fourth-order valence-corrected chi connectivity index (χ4v) is 4.80. The lowest BCUT2D eigenvalue weighted by atomic mass is 9.78. The van der Waals surface area contributed by atoms with E-state index in [0.717, 1.165) is 31.4 Å². The van der Waals surface area contributed by atoms with Crippen LogP contribution in [-0.4, -0.2) is 53.9 Å². The molecule has 2 fully saturated rings. The molecule has 1 amide bonds. The average Bonchev–Trinajstić information content (AvgIpc) is 3.27. The van der Waals surface area contributed by atoms with Gasteiger partial charge in [0.2, 0.25) is 6.79 Å². The van der Waals surface area contributed by atoms with Gasteiger partial charge >= 0.3 is 0 Å². The Labute approximate surface area is 176 Å². The number of rotatable bonds is 4. The predicted octanol–water partition coefficient (Wildman–Crippen LogP) is 2.75. The van der Waals surface area contributed by atoms with Crippen molar-refractivity contribution in [3.63, 3.8) is 0 Å². The van der Waals surface area contributed by atoms with E-state index in [9.17, 15) is 4.79 Å². The first kappa shape index (κ1) is 19.3. The number of aromatic nitrogens is 1. The van der Waals surface area contributed by atoms with E-state index in [1.54, 1.807) is 12.3 Å². The molecule has 2 unspecified atom stereocenters. The van der Waals surface area contributed by atoms with Crippen molar-refractivity contribution in [1.82, 2.24) is 15.2 Å². The van der Waals surface area contributed by atoms with E-state index in [1.165, 1.54) is 6.42 Å². The zero-order valence-electron chi connectivity index (χ0n) is 17.0. The lowest BCUT2D eigenvalue weighted by Gasteiger charge is -2.49. The zero-order chi connectivity index (χ0) is 20.4. The molecule has 3 aliphatic rings. The number of carbonyl (C=O) groups is 1. The first-order valence-electron chi connectivity index (χ1n) is 10.7. The predicted molar refractivity (Wildman–Crippen MR) is 110 cm³/mol. The number of hydrogen-bond acceptors (Lipinski definition) is 6. The number of morpholine rings is 1. The molecular formula is C23H27N3O4. The van der Waals surface area contributed by atoms with Crippen molar-refractivity contribution in [2.75, 3.05) is 26.5 Å². The van der Waals surface area contributed by atoms with Crippen molar-refractivity contribution >= 4 is 5.91 Å². The number of amides is 1. The van der Waals surface area contributed by atoms with Gasteiger partial charge in [-0.15, -0.1) is 0 Å². The smallest absolute Gasteiger partial charge is 0.254 e. The topological polar surface area (TPSA) is 72.9 Å². The van der Waals surface area contributed by atoms with Crippen LogP contribution in [0.3, 0.4) is 0 Å². The van der Waals surface area contributed by atoms with Gasteiger partial charge in [0.25, 0.3) is 5.91 Å². The fourth-order valence-electron chi connectivity index (χ4n) is 4.80. The summed E-state index contributed by atoms with van der Waals surface area (Å²) in [6.45, 7) is 2.72. The largest absolute Gasteiger partial charge is 0.454 e. The number of pyridine rings is 1. The highest BCUT2D eigenvalue weighted by molar-refractivity contribution is 5.95. The van der Waals surface area contributed by atoms with Gasteiger partial charge in [-0.2, -0.15) is 0 Å². The van der Waals surface area contributed by atoms with E-state index in [1.807, 2.05) is 29.3 Å². The van der Waals surface area contributed by atoms with Gasteiger partial charge < -0.3 is 24.4 Å². The van der Waals surface area contributed by atoms with Gasteiger partial charge in [0.1, 0.15) is 5.60 Å². The molecule has 1 saturated heterocycles. The van der Waals surface area contributed by atoms with Crippen molar-refractivity contribution in [1.29, 1.82) is 0 Å². The molecule has 0 bridgehead atoms. The van der Waals surface area contributed by atoms with Crippen LogP contribution in [0, 0.1) is 0 Å². The maximum atomic E-state index is 13.3. The Balaban J connectivity index is 1.31. The van der Waals surface area contributed by atoms with Crippen LogP contribution in [0.25, 0.3) is 0 Å². The van der Waals surface area contributed by atoms with Crippen molar-refractivity contribution in [2.45, 2.75) is 43.9 Å². The number of nitrogens with zero attached hydrogens (tertiary/aromatic N) is 2. The quantitative estimate of drug-likeness (QED) is 0.837. The molecule has 1 aromatic heterocycles. The first-order valence-corrected chi connectivity index (χ1v) is 10.7. The Morgan fingerprint density at radius 1 is 1.23 bits per heavy atom. The molecule has 0 radical (unpaired) electrons. The molecule has 1 N–H and O–H groups in total. The normalized spacial score (nSPS) is 25.5. The summed E-state index contributed by atoms with van der Waals surface area (Å²) < 4.78 is 17.2. The molecule has 7 heteroatoms. The highest BCUT2D eigenvalue weighted by Crippen LogP contribution is 2.37. The van der Waals surface area contributed by atoms with Gasteiger partial charge in [0, 0.05) is 37.1 Å². The molecule has 7 nitrogen and oxygen atoms in total. The van der Waals surface area contributed by atoms with E-state index < -0.39 is 0 Å². The van der Waals surface area contributed by atoms with E-state index in [-0.39, 0.29) is 24.3 Å². The van der Waals surface area contributed by atoms with Gasteiger partial charge in [-0.25, -0.2) is 0 Å². The van der Waals surface area contributed by atoms with E-state index >= 15 is 0 Å². The second-order valence-corrected chi connectivity index (χ2v) is 8.25. The molecule has 5 rings (SSSR count). The Morgan fingerprint density at radius 2 is 2.17 bits per heavy atom. The Kier molecular flexibility index (Phi) is 5.31.